The molecule has 2 N–H and O–H groups in total. The van der Waals surface area contributed by atoms with Crippen LogP contribution in [0.1, 0.15) is 40.7 Å². The summed E-state index contributed by atoms with van der Waals surface area (Å²) < 4.78 is 2.00. The lowest BCUT2D eigenvalue weighted by atomic mass is 10.1. The standard InChI is InChI=1S/C16H21N3O2/c1-4-5-19-15(8-12(3)18-19)10-17-14-7-11(2)6-13(9-14)16(20)21/h6-9,17H,4-5,10H2,1-3H3,(H,20,21). The van der Waals surface area contributed by atoms with E-state index in [0.29, 0.717) is 12.1 Å². The summed E-state index contributed by atoms with van der Waals surface area (Å²) in [4.78, 5) is 11.1. The van der Waals surface area contributed by atoms with Crippen LogP contribution < -0.4 is 5.32 Å². The number of hydrogen-bond donors (Lipinski definition) is 2. The minimum atomic E-state index is -0.909. The van der Waals surface area contributed by atoms with Gasteiger partial charge in [-0.25, -0.2) is 4.79 Å². The van der Waals surface area contributed by atoms with E-state index in [1.165, 1.54) is 0 Å². The molecule has 0 amide bonds. The summed E-state index contributed by atoms with van der Waals surface area (Å²) in [6.45, 7) is 7.50. The highest BCUT2D eigenvalue weighted by molar-refractivity contribution is 5.89. The van der Waals surface area contributed by atoms with Crippen molar-refractivity contribution < 1.29 is 9.90 Å². The van der Waals surface area contributed by atoms with E-state index in [-0.39, 0.29) is 0 Å². The van der Waals surface area contributed by atoms with Crippen molar-refractivity contribution in [3.05, 3.63) is 46.8 Å². The summed E-state index contributed by atoms with van der Waals surface area (Å²) in [5, 5.41) is 16.8. The van der Waals surface area contributed by atoms with Gasteiger partial charge in [0.25, 0.3) is 0 Å². The first kappa shape index (κ1) is 15.1. The van der Waals surface area contributed by atoms with Crippen molar-refractivity contribution in [1.82, 2.24) is 9.78 Å². The molecule has 1 aromatic carbocycles. The van der Waals surface area contributed by atoms with E-state index < -0.39 is 5.97 Å². The Kier molecular flexibility index (Phi) is 4.62. The number of rotatable bonds is 6. The van der Waals surface area contributed by atoms with Crippen LogP contribution in [0.15, 0.2) is 24.3 Å². The molecule has 1 heterocycles. The zero-order chi connectivity index (χ0) is 15.4. The highest BCUT2D eigenvalue weighted by Crippen LogP contribution is 2.16. The van der Waals surface area contributed by atoms with E-state index in [4.69, 9.17) is 5.11 Å². The normalized spacial score (nSPS) is 10.6. The number of carboxylic acids is 1. The number of carboxylic acid groups (broad SMARTS) is 1. The molecule has 0 unspecified atom stereocenters. The third kappa shape index (κ3) is 3.84. The van der Waals surface area contributed by atoms with Gasteiger partial charge in [-0.2, -0.15) is 5.10 Å². The van der Waals surface area contributed by atoms with Gasteiger partial charge in [0.05, 0.1) is 23.5 Å². The first-order valence-corrected chi connectivity index (χ1v) is 7.11. The molecule has 1 aromatic heterocycles. The van der Waals surface area contributed by atoms with Crippen LogP contribution in [0, 0.1) is 13.8 Å². The van der Waals surface area contributed by atoms with Crippen LogP contribution in [0.5, 0.6) is 0 Å². The van der Waals surface area contributed by atoms with Gasteiger partial charge in [-0.3, -0.25) is 4.68 Å². The van der Waals surface area contributed by atoms with E-state index in [9.17, 15) is 4.79 Å². The van der Waals surface area contributed by atoms with Crippen molar-refractivity contribution in [2.45, 2.75) is 40.3 Å². The van der Waals surface area contributed by atoms with Crippen LogP contribution in [0.3, 0.4) is 0 Å². The molecule has 0 aliphatic rings. The van der Waals surface area contributed by atoms with E-state index >= 15 is 0 Å². The molecule has 21 heavy (non-hydrogen) atoms. The van der Waals surface area contributed by atoms with Crippen LogP contribution in [-0.4, -0.2) is 20.9 Å². The molecule has 2 rings (SSSR count). The molecule has 0 saturated heterocycles. The summed E-state index contributed by atoms with van der Waals surface area (Å²) in [5.41, 5.74) is 4.14. The van der Waals surface area contributed by atoms with Crippen LogP contribution in [0.4, 0.5) is 5.69 Å². The van der Waals surface area contributed by atoms with E-state index in [2.05, 4.69) is 23.4 Å². The fraction of sp³-hybridized carbons (Fsp3) is 0.375. The first-order valence-electron chi connectivity index (χ1n) is 7.11. The largest absolute Gasteiger partial charge is 0.478 e. The second kappa shape index (κ2) is 6.43. The SMILES string of the molecule is CCCn1nc(C)cc1CNc1cc(C)cc(C(=O)O)c1. The number of anilines is 1. The summed E-state index contributed by atoms with van der Waals surface area (Å²) in [7, 11) is 0. The van der Waals surface area contributed by atoms with E-state index in [0.717, 1.165) is 35.6 Å². The Morgan fingerprint density at radius 2 is 2.05 bits per heavy atom. The van der Waals surface area contributed by atoms with Crippen molar-refractivity contribution in [3.8, 4) is 0 Å². The van der Waals surface area contributed by atoms with Gasteiger partial charge in [-0.1, -0.05) is 6.92 Å². The highest BCUT2D eigenvalue weighted by Gasteiger charge is 2.07. The van der Waals surface area contributed by atoms with Gasteiger partial charge in [0.15, 0.2) is 0 Å². The zero-order valence-corrected chi connectivity index (χ0v) is 12.7. The fourth-order valence-corrected chi connectivity index (χ4v) is 2.35. The monoisotopic (exact) mass is 287 g/mol. The summed E-state index contributed by atoms with van der Waals surface area (Å²) >= 11 is 0. The van der Waals surface area contributed by atoms with Crippen molar-refractivity contribution >= 4 is 11.7 Å². The maximum absolute atomic E-state index is 11.1. The Morgan fingerprint density at radius 1 is 1.29 bits per heavy atom. The number of carbonyl (C=O) groups is 1. The van der Waals surface area contributed by atoms with Crippen LogP contribution >= 0.6 is 0 Å². The van der Waals surface area contributed by atoms with Gasteiger partial charge in [-0.05, 0) is 50.1 Å². The van der Waals surface area contributed by atoms with E-state index in [1.54, 1.807) is 12.1 Å². The van der Waals surface area contributed by atoms with Crippen LogP contribution in [0.25, 0.3) is 0 Å². The lowest BCUT2D eigenvalue weighted by molar-refractivity contribution is 0.0697. The molecule has 2 aromatic rings. The maximum Gasteiger partial charge on any atom is 0.335 e. The third-order valence-electron chi connectivity index (χ3n) is 3.22. The van der Waals surface area contributed by atoms with Gasteiger partial charge >= 0.3 is 5.97 Å². The lowest BCUT2D eigenvalue weighted by Crippen LogP contribution is -2.09. The predicted octanol–water partition coefficient (Wildman–Crippen LogP) is 3.22. The van der Waals surface area contributed by atoms with Gasteiger partial charge in [-0.15, -0.1) is 0 Å². The molecule has 0 aliphatic carbocycles. The molecule has 0 spiro atoms. The number of aryl methyl sites for hydroxylation is 3. The second-order valence-corrected chi connectivity index (χ2v) is 5.25. The number of nitrogens with one attached hydrogen (secondary N) is 1. The van der Waals surface area contributed by atoms with Crippen molar-refractivity contribution in [3.63, 3.8) is 0 Å². The highest BCUT2D eigenvalue weighted by atomic mass is 16.4. The second-order valence-electron chi connectivity index (χ2n) is 5.25. The molecule has 112 valence electrons. The Balaban J connectivity index is 2.14. The molecule has 5 nitrogen and oxygen atoms in total. The molecule has 0 radical (unpaired) electrons. The quantitative estimate of drug-likeness (QED) is 0.856. The topological polar surface area (TPSA) is 67.2 Å². The maximum atomic E-state index is 11.1. The summed E-state index contributed by atoms with van der Waals surface area (Å²) in [6, 6.07) is 7.32. The van der Waals surface area contributed by atoms with Gasteiger partial charge < -0.3 is 10.4 Å². The minimum absolute atomic E-state index is 0.302. The van der Waals surface area contributed by atoms with E-state index in [1.807, 2.05) is 24.6 Å². The average Bonchev–Trinajstić information content (AvgIpc) is 2.76. The van der Waals surface area contributed by atoms with Crippen LogP contribution in [0.2, 0.25) is 0 Å². The molecule has 5 heteroatoms. The van der Waals surface area contributed by atoms with Gasteiger partial charge in [0.2, 0.25) is 0 Å². The third-order valence-corrected chi connectivity index (χ3v) is 3.22. The van der Waals surface area contributed by atoms with Crippen molar-refractivity contribution in [2.75, 3.05) is 5.32 Å². The fourth-order valence-electron chi connectivity index (χ4n) is 2.35. The van der Waals surface area contributed by atoms with Crippen LogP contribution in [-0.2, 0) is 13.1 Å². The number of nitrogens with zero attached hydrogens (tertiary/aromatic N) is 2. The predicted molar refractivity (Wildman–Crippen MR) is 82.7 cm³/mol. The number of aromatic nitrogens is 2. The Labute approximate surface area is 124 Å². The molecule has 0 saturated carbocycles. The molecular weight excluding hydrogens is 266 g/mol. The first-order chi connectivity index (χ1) is 9.99. The number of benzene rings is 1. The Bertz CT molecular complexity index is 647. The Hall–Kier alpha value is -2.30. The average molecular weight is 287 g/mol. The smallest absolute Gasteiger partial charge is 0.335 e. The Morgan fingerprint density at radius 3 is 2.71 bits per heavy atom. The summed E-state index contributed by atoms with van der Waals surface area (Å²) in [5.74, 6) is -0.909. The number of aromatic carboxylic acids is 1. The number of hydrogen-bond acceptors (Lipinski definition) is 3. The van der Waals surface area contributed by atoms with Gasteiger partial charge in [0.1, 0.15) is 0 Å². The molecule has 0 bridgehead atoms. The summed E-state index contributed by atoms with van der Waals surface area (Å²) in [6.07, 6.45) is 1.03. The lowest BCUT2D eigenvalue weighted by Gasteiger charge is -2.10. The molecule has 0 fully saturated rings. The molecule has 0 aliphatic heterocycles. The molecular formula is C16H21N3O2. The molecule has 0 atom stereocenters. The van der Waals surface area contributed by atoms with Gasteiger partial charge in [0, 0.05) is 12.2 Å². The minimum Gasteiger partial charge on any atom is -0.478 e. The van der Waals surface area contributed by atoms with Crippen molar-refractivity contribution in [1.29, 1.82) is 0 Å². The van der Waals surface area contributed by atoms with Crippen molar-refractivity contribution in [2.24, 2.45) is 0 Å². The zero-order valence-electron chi connectivity index (χ0n) is 12.7.